The highest BCUT2D eigenvalue weighted by atomic mass is 32.2. The molecule has 1 heterocycles. The fourth-order valence-corrected chi connectivity index (χ4v) is 4.34. The number of aromatic nitrogens is 1. The molecule has 1 N–H and O–H groups in total. The van der Waals surface area contributed by atoms with Crippen LogP contribution in [0.15, 0.2) is 77.1 Å². The van der Waals surface area contributed by atoms with Crippen molar-refractivity contribution >= 4 is 44.8 Å². The summed E-state index contributed by atoms with van der Waals surface area (Å²) in [4.78, 5) is 17.1. The molecule has 3 aromatic carbocycles. The molecular weight excluding hydrogens is 388 g/mol. The van der Waals surface area contributed by atoms with Crippen LogP contribution in [0.25, 0.3) is 22.0 Å². The first-order valence-electron chi connectivity index (χ1n) is 8.74. The monoisotopic (exact) mass is 406 g/mol. The van der Waals surface area contributed by atoms with Gasteiger partial charge in [0, 0.05) is 5.56 Å². The van der Waals surface area contributed by atoms with Crippen LogP contribution in [0.1, 0.15) is 0 Å². The molecule has 4 rings (SSSR count). The summed E-state index contributed by atoms with van der Waals surface area (Å²) in [5.41, 5.74) is 1.76. The number of carbonyl (C=O) groups excluding carboxylic acids is 1. The maximum atomic E-state index is 12.5. The molecule has 0 aliphatic heterocycles. The summed E-state index contributed by atoms with van der Waals surface area (Å²) in [5.74, 6) is 0.466. The van der Waals surface area contributed by atoms with Crippen molar-refractivity contribution in [3.8, 4) is 17.0 Å². The lowest BCUT2D eigenvalue weighted by atomic mass is 10.1. The van der Waals surface area contributed by atoms with E-state index in [2.05, 4.69) is 10.3 Å². The molecule has 0 saturated heterocycles. The molecule has 6 heteroatoms. The second-order valence-corrected chi connectivity index (χ2v) is 8.13. The van der Waals surface area contributed by atoms with Gasteiger partial charge in [-0.05, 0) is 29.2 Å². The topological polar surface area (TPSA) is 51.2 Å². The summed E-state index contributed by atoms with van der Waals surface area (Å²) >= 11 is 3.03. The van der Waals surface area contributed by atoms with Crippen molar-refractivity contribution in [2.45, 2.75) is 4.34 Å². The number of thiazole rings is 1. The first kappa shape index (κ1) is 18.5. The molecule has 1 amide bonds. The fraction of sp³-hybridized carbons (Fsp3) is 0.0909. The lowest BCUT2D eigenvalue weighted by Gasteiger charge is -2.08. The van der Waals surface area contributed by atoms with E-state index in [1.807, 2.05) is 79.1 Å². The molecule has 0 spiro atoms. The molecule has 0 unspecified atom stereocenters. The van der Waals surface area contributed by atoms with E-state index in [1.54, 1.807) is 11.8 Å². The number of ether oxygens (including phenoxy) is 1. The van der Waals surface area contributed by atoms with Crippen LogP contribution in [-0.2, 0) is 4.79 Å². The van der Waals surface area contributed by atoms with Crippen molar-refractivity contribution in [3.63, 3.8) is 0 Å². The Labute approximate surface area is 171 Å². The molecule has 0 aliphatic carbocycles. The van der Waals surface area contributed by atoms with E-state index in [0.29, 0.717) is 5.75 Å². The standard InChI is InChI=1S/C22H18N2O2S2/c1-27-22-24-20(16-8-3-2-4-9-16)21(28-22)23-19(25)14-26-18-12-11-15-7-5-6-10-17(15)13-18/h2-13H,14H2,1H3,(H,23,25). The second-order valence-electron chi connectivity index (χ2n) is 6.07. The molecule has 28 heavy (non-hydrogen) atoms. The van der Waals surface area contributed by atoms with Crippen LogP contribution in [0.5, 0.6) is 5.75 Å². The van der Waals surface area contributed by atoms with Gasteiger partial charge < -0.3 is 10.1 Å². The van der Waals surface area contributed by atoms with Gasteiger partial charge in [-0.15, -0.1) is 0 Å². The first-order chi connectivity index (χ1) is 13.7. The Morgan fingerprint density at radius 3 is 2.57 bits per heavy atom. The summed E-state index contributed by atoms with van der Waals surface area (Å²) in [5, 5.41) is 5.91. The molecule has 0 fully saturated rings. The Morgan fingerprint density at radius 2 is 1.79 bits per heavy atom. The Hall–Kier alpha value is -2.83. The minimum Gasteiger partial charge on any atom is -0.484 e. The first-order valence-corrected chi connectivity index (χ1v) is 10.8. The smallest absolute Gasteiger partial charge is 0.262 e. The zero-order valence-electron chi connectivity index (χ0n) is 15.2. The van der Waals surface area contributed by atoms with Crippen molar-refractivity contribution in [2.75, 3.05) is 18.2 Å². The van der Waals surface area contributed by atoms with Crippen molar-refractivity contribution in [1.82, 2.24) is 4.98 Å². The van der Waals surface area contributed by atoms with Gasteiger partial charge >= 0.3 is 0 Å². The quantitative estimate of drug-likeness (QED) is 0.417. The van der Waals surface area contributed by atoms with Crippen LogP contribution >= 0.6 is 23.1 Å². The third-order valence-corrected chi connectivity index (χ3v) is 6.13. The number of nitrogens with one attached hydrogen (secondary N) is 1. The predicted octanol–water partition coefficient (Wildman–Crippen LogP) is 5.70. The van der Waals surface area contributed by atoms with Gasteiger partial charge in [-0.1, -0.05) is 83.8 Å². The number of rotatable bonds is 6. The molecule has 0 aliphatic rings. The Balaban J connectivity index is 1.47. The van der Waals surface area contributed by atoms with Gasteiger partial charge in [0.05, 0.1) is 0 Å². The highest BCUT2D eigenvalue weighted by molar-refractivity contribution is 8.00. The third kappa shape index (κ3) is 4.18. The molecule has 140 valence electrons. The fourth-order valence-electron chi connectivity index (χ4n) is 2.83. The van der Waals surface area contributed by atoms with Crippen molar-refractivity contribution in [3.05, 3.63) is 72.8 Å². The normalized spacial score (nSPS) is 10.8. The molecule has 0 radical (unpaired) electrons. The molecule has 4 nitrogen and oxygen atoms in total. The summed E-state index contributed by atoms with van der Waals surface area (Å²) in [6.07, 6.45) is 1.97. The summed E-state index contributed by atoms with van der Waals surface area (Å²) in [6, 6.07) is 23.7. The largest absolute Gasteiger partial charge is 0.484 e. The van der Waals surface area contributed by atoms with Gasteiger partial charge in [-0.3, -0.25) is 4.79 Å². The summed E-state index contributed by atoms with van der Waals surface area (Å²) < 4.78 is 6.60. The van der Waals surface area contributed by atoms with Gasteiger partial charge in [-0.25, -0.2) is 4.98 Å². The molecular formula is C22H18N2O2S2. The maximum absolute atomic E-state index is 12.5. The lowest BCUT2D eigenvalue weighted by molar-refractivity contribution is -0.118. The molecule has 0 bridgehead atoms. The molecule has 4 aromatic rings. The highest BCUT2D eigenvalue weighted by Gasteiger charge is 2.15. The van der Waals surface area contributed by atoms with E-state index < -0.39 is 0 Å². The number of thioether (sulfide) groups is 1. The molecule has 0 saturated carbocycles. The maximum Gasteiger partial charge on any atom is 0.262 e. The zero-order valence-corrected chi connectivity index (χ0v) is 16.8. The summed E-state index contributed by atoms with van der Waals surface area (Å²) in [6.45, 7) is -0.0565. The van der Waals surface area contributed by atoms with Crippen LogP contribution in [0, 0.1) is 0 Å². The van der Waals surface area contributed by atoms with E-state index in [0.717, 1.165) is 31.4 Å². The lowest BCUT2D eigenvalue weighted by Crippen LogP contribution is -2.19. The SMILES string of the molecule is CSc1nc(-c2ccccc2)c(NC(=O)COc2ccc3ccccc3c2)s1. The molecule has 1 aromatic heterocycles. The number of anilines is 1. The van der Waals surface area contributed by atoms with Crippen molar-refractivity contribution < 1.29 is 9.53 Å². The number of nitrogens with zero attached hydrogens (tertiary/aromatic N) is 1. The average molecular weight is 407 g/mol. The number of hydrogen-bond donors (Lipinski definition) is 1. The van der Waals surface area contributed by atoms with E-state index in [4.69, 9.17) is 4.74 Å². The van der Waals surface area contributed by atoms with Crippen molar-refractivity contribution in [1.29, 1.82) is 0 Å². The Morgan fingerprint density at radius 1 is 1.04 bits per heavy atom. The molecule has 0 atom stereocenters. The van der Waals surface area contributed by atoms with Crippen LogP contribution in [0.3, 0.4) is 0 Å². The van der Waals surface area contributed by atoms with Gasteiger partial charge in [0.25, 0.3) is 5.91 Å². The van der Waals surface area contributed by atoms with Gasteiger partial charge in [-0.2, -0.15) is 0 Å². The number of hydrogen-bond acceptors (Lipinski definition) is 5. The minimum atomic E-state index is -0.207. The Kier molecular flexibility index (Phi) is 5.60. The average Bonchev–Trinajstić information content (AvgIpc) is 3.15. The van der Waals surface area contributed by atoms with Gasteiger partial charge in [0.1, 0.15) is 16.4 Å². The second kappa shape index (κ2) is 8.46. The number of benzene rings is 3. The number of fused-ring (bicyclic) bond motifs is 1. The van der Waals surface area contributed by atoms with Crippen LogP contribution in [-0.4, -0.2) is 23.8 Å². The zero-order chi connectivity index (χ0) is 19.3. The highest BCUT2D eigenvalue weighted by Crippen LogP contribution is 2.36. The number of amides is 1. The van der Waals surface area contributed by atoms with Crippen LogP contribution in [0.2, 0.25) is 0 Å². The van der Waals surface area contributed by atoms with Crippen molar-refractivity contribution in [2.24, 2.45) is 0 Å². The minimum absolute atomic E-state index is 0.0565. The van der Waals surface area contributed by atoms with E-state index in [1.165, 1.54) is 11.3 Å². The Bertz CT molecular complexity index is 1110. The van der Waals surface area contributed by atoms with E-state index in [9.17, 15) is 4.79 Å². The van der Waals surface area contributed by atoms with Gasteiger partial charge in [0.2, 0.25) is 0 Å². The van der Waals surface area contributed by atoms with Crippen LogP contribution < -0.4 is 10.1 Å². The van der Waals surface area contributed by atoms with Crippen LogP contribution in [0.4, 0.5) is 5.00 Å². The predicted molar refractivity (Wildman–Crippen MR) is 117 cm³/mol. The third-order valence-electron chi connectivity index (χ3n) is 4.17. The summed E-state index contributed by atoms with van der Waals surface area (Å²) in [7, 11) is 0. The van der Waals surface area contributed by atoms with E-state index >= 15 is 0 Å². The van der Waals surface area contributed by atoms with E-state index in [-0.39, 0.29) is 12.5 Å². The van der Waals surface area contributed by atoms with Gasteiger partial charge in [0.15, 0.2) is 10.9 Å². The number of carbonyl (C=O) groups is 1.